The summed E-state index contributed by atoms with van der Waals surface area (Å²) in [5.41, 5.74) is 0. The zero-order valence-corrected chi connectivity index (χ0v) is 39.9. The second-order valence-electron chi connectivity index (χ2n) is 18.7. The Morgan fingerprint density at radius 3 is 1.28 bits per heavy atom. The lowest BCUT2D eigenvalue weighted by Gasteiger charge is -2.40. The van der Waals surface area contributed by atoms with Crippen LogP contribution in [0.1, 0.15) is 258 Å². The van der Waals surface area contributed by atoms with Crippen LogP contribution in [0.3, 0.4) is 0 Å². The highest BCUT2D eigenvalue weighted by Gasteiger charge is 2.44. The fourth-order valence-corrected chi connectivity index (χ4v) is 8.63. The lowest BCUT2D eigenvalue weighted by molar-refractivity contribution is -0.302. The Kier molecular flexibility index (Phi) is 40.7. The summed E-state index contributed by atoms with van der Waals surface area (Å²) >= 11 is 0. The Bertz CT molecular complexity index is 966. The number of aliphatic hydroxyl groups is 5. The van der Waals surface area contributed by atoms with Crippen LogP contribution < -0.4 is 5.32 Å². The van der Waals surface area contributed by atoms with Crippen LogP contribution >= 0.6 is 0 Å². The van der Waals surface area contributed by atoms with Crippen LogP contribution in [0.4, 0.5) is 0 Å². The third-order valence-electron chi connectivity index (χ3n) is 12.9. The Hall–Kier alpha value is -1.07. The minimum atomic E-state index is -1.56. The number of rotatable bonds is 45. The van der Waals surface area contributed by atoms with Gasteiger partial charge < -0.3 is 40.3 Å². The molecule has 0 aromatic carbocycles. The first-order valence-electron chi connectivity index (χ1n) is 26.4. The second-order valence-corrected chi connectivity index (χ2v) is 18.7. The van der Waals surface area contributed by atoms with Gasteiger partial charge in [-0.1, -0.05) is 244 Å². The molecule has 7 unspecified atom stereocenters. The van der Waals surface area contributed by atoms with Crippen LogP contribution in [0, 0.1) is 0 Å². The molecule has 0 aliphatic carbocycles. The van der Waals surface area contributed by atoms with E-state index in [2.05, 4.69) is 19.2 Å². The summed E-state index contributed by atoms with van der Waals surface area (Å²) in [4.78, 5) is 13.0. The SMILES string of the molecule is CCCCCCCCCCCCCCCCCCCCC/C=C/C(O)C(COC1OC(CO)C(O)C(O)C1O)NC(=O)CCCCCCCCCCCCCCCCCCC. The van der Waals surface area contributed by atoms with E-state index in [1.807, 2.05) is 6.08 Å². The van der Waals surface area contributed by atoms with Crippen molar-refractivity contribution in [2.24, 2.45) is 0 Å². The van der Waals surface area contributed by atoms with E-state index in [0.29, 0.717) is 6.42 Å². The average molecular weight is 868 g/mol. The number of hydrogen-bond donors (Lipinski definition) is 6. The molecule has 1 rings (SSSR count). The molecule has 362 valence electrons. The number of allylic oxidation sites excluding steroid dienone is 1. The summed E-state index contributed by atoms with van der Waals surface area (Å²) in [6.45, 7) is 3.81. The highest BCUT2D eigenvalue weighted by atomic mass is 16.7. The van der Waals surface area contributed by atoms with E-state index < -0.39 is 49.5 Å². The van der Waals surface area contributed by atoms with E-state index in [1.165, 1.54) is 199 Å². The summed E-state index contributed by atoms with van der Waals surface area (Å²) in [6, 6.07) is -0.799. The first kappa shape index (κ1) is 57.9. The highest BCUT2D eigenvalue weighted by molar-refractivity contribution is 5.76. The zero-order chi connectivity index (χ0) is 44.4. The molecule has 6 N–H and O–H groups in total. The van der Waals surface area contributed by atoms with Crippen molar-refractivity contribution in [2.75, 3.05) is 13.2 Å². The van der Waals surface area contributed by atoms with Gasteiger partial charge in [0.25, 0.3) is 0 Å². The Balaban J connectivity index is 2.27. The molecule has 9 nitrogen and oxygen atoms in total. The molecule has 1 aliphatic rings. The summed E-state index contributed by atoms with van der Waals surface area (Å²) in [5, 5.41) is 54.4. The first-order valence-corrected chi connectivity index (χ1v) is 26.4. The van der Waals surface area contributed by atoms with Crippen LogP contribution in [0.15, 0.2) is 12.2 Å². The normalized spacial score (nSPS) is 20.4. The van der Waals surface area contributed by atoms with Crippen molar-refractivity contribution < 1.29 is 39.8 Å². The molecule has 1 fully saturated rings. The van der Waals surface area contributed by atoms with Gasteiger partial charge in [0.05, 0.1) is 25.4 Å². The topological polar surface area (TPSA) is 149 Å². The predicted molar refractivity (Wildman–Crippen MR) is 254 cm³/mol. The molecular weight excluding hydrogens is 767 g/mol. The largest absolute Gasteiger partial charge is 0.394 e. The zero-order valence-electron chi connectivity index (χ0n) is 39.9. The molecule has 7 atom stereocenters. The van der Waals surface area contributed by atoms with E-state index in [9.17, 15) is 30.3 Å². The van der Waals surface area contributed by atoms with Gasteiger partial charge in [0, 0.05) is 6.42 Å². The number of amides is 1. The van der Waals surface area contributed by atoms with Gasteiger partial charge in [0.15, 0.2) is 6.29 Å². The molecule has 1 aliphatic heterocycles. The van der Waals surface area contributed by atoms with Gasteiger partial charge in [0.1, 0.15) is 24.4 Å². The summed E-state index contributed by atoms with van der Waals surface area (Å²) in [5.74, 6) is -0.172. The molecular formula is C52H101NO8. The molecule has 0 bridgehead atoms. The summed E-state index contributed by atoms with van der Waals surface area (Å²) < 4.78 is 11.3. The third kappa shape index (κ3) is 33.1. The predicted octanol–water partition coefficient (Wildman–Crippen LogP) is 12.1. The van der Waals surface area contributed by atoms with Crippen molar-refractivity contribution in [2.45, 2.75) is 301 Å². The van der Waals surface area contributed by atoms with Crippen LogP contribution in [-0.2, 0) is 14.3 Å². The van der Waals surface area contributed by atoms with Crippen molar-refractivity contribution >= 4 is 5.91 Å². The van der Waals surface area contributed by atoms with Crippen LogP contribution in [0.2, 0.25) is 0 Å². The van der Waals surface area contributed by atoms with E-state index in [-0.39, 0.29) is 12.5 Å². The maximum absolute atomic E-state index is 13.0. The molecule has 0 saturated carbocycles. The molecule has 0 radical (unpaired) electrons. The average Bonchev–Trinajstić information content (AvgIpc) is 3.26. The van der Waals surface area contributed by atoms with Gasteiger partial charge in [-0.15, -0.1) is 0 Å². The molecule has 0 aromatic heterocycles. The summed E-state index contributed by atoms with van der Waals surface area (Å²) in [6.07, 6.45) is 44.0. The van der Waals surface area contributed by atoms with Gasteiger partial charge in [0.2, 0.25) is 5.91 Å². The van der Waals surface area contributed by atoms with Gasteiger partial charge in [-0.2, -0.15) is 0 Å². The van der Waals surface area contributed by atoms with Gasteiger partial charge in [-0.3, -0.25) is 4.79 Å². The molecule has 0 spiro atoms. The minimum absolute atomic E-state index is 0.172. The van der Waals surface area contributed by atoms with E-state index in [0.717, 1.165) is 38.5 Å². The van der Waals surface area contributed by atoms with E-state index >= 15 is 0 Å². The standard InChI is InChI=1S/C52H101NO8/c1-3-5-7-9-11-13-15-17-19-21-22-23-24-26-27-29-31-33-35-37-39-41-46(55)45(44-60-52-51(59)50(58)49(57)47(43-54)61-52)53-48(56)42-40-38-36-34-32-30-28-25-20-18-16-14-12-10-8-6-4-2/h39,41,45-47,49-52,54-55,57-59H,3-38,40,42-44H2,1-2H3,(H,53,56)/b41-39+. The molecule has 1 heterocycles. The monoisotopic (exact) mass is 868 g/mol. The van der Waals surface area contributed by atoms with E-state index in [1.54, 1.807) is 6.08 Å². The number of aliphatic hydroxyl groups excluding tert-OH is 5. The highest BCUT2D eigenvalue weighted by Crippen LogP contribution is 2.23. The van der Waals surface area contributed by atoms with Crippen LogP contribution in [0.25, 0.3) is 0 Å². The minimum Gasteiger partial charge on any atom is -0.394 e. The number of hydrogen-bond acceptors (Lipinski definition) is 8. The molecule has 9 heteroatoms. The number of carbonyl (C=O) groups excluding carboxylic acids is 1. The van der Waals surface area contributed by atoms with Crippen molar-refractivity contribution in [3.05, 3.63) is 12.2 Å². The fraction of sp³-hybridized carbons (Fsp3) is 0.942. The van der Waals surface area contributed by atoms with Crippen molar-refractivity contribution in [3.8, 4) is 0 Å². The maximum Gasteiger partial charge on any atom is 0.220 e. The lowest BCUT2D eigenvalue weighted by atomic mass is 9.99. The molecule has 1 amide bonds. The Morgan fingerprint density at radius 1 is 0.541 bits per heavy atom. The number of unbranched alkanes of at least 4 members (excludes halogenated alkanes) is 35. The van der Waals surface area contributed by atoms with Gasteiger partial charge in [-0.25, -0.2) is 0 Å². The van der Waals surface area contributed by atoms with Crippen molar-refractivity contribution in [1.82, 2.24) is 5.32 Å². The quantitative estimate of drug-likeness (QED) is 0.0262. The van der Waals surface area contributed by atoms with E-state index in [4.69, 9.17) is 9.47 Å². The molecule has 61 heavy (non-hydrogen) atoms. The van der Waals surface area contributed by atoms with Crippen molar-refractivity contribution in [1.29, 1.82) is 0 Å². The number of ether oxygens (including phenoxy) is 2. The van der Waals surface area contributed by atoms with Crippen LogP contribution in [-0.4, -0.2) is 87.5 Å². The fourth-order valence-electron chi connectivity index (χ4n) is 8.63. The Labute approximate surface area is 376 Å². The van der Waals surface area contributed by atoms with Gasteiger partial charge in [-0.05, 0) is 19.3 Å². The molecule has 0 aromatic rings. The molecule has 1 saturated heterocycles. The summed E-state index contributed by atoms with van der Waals surface area (Å²) in [7, 11) is 0. The van der Waals surface area contributed by atoms with Gasteiger partial charge >= 0.3 is 0 Å². The Morgan fingerprint density at radius 2 is 0.902 bits per heavy atom. The first-order chi connectivity index (χ1) is 29.8. The second kappa shape index (κ2) is 42.9. The lowest BCUT2D eigenvalue weighted by Crippen LogP contribution is -2.60. The third-order valence-corrected chi connectivity index (χ3v) is 12.9. The number of carbonyl (C=O) groups is 1. The van der Waals surface area contributed by atoms with Crippen LogP contribution in [0.5, 0.6) is 0 Å². The smallest absolute Gasteiger partial charge is 0.220 e. The maximum atomic E-state index is 13.0. The van der Waals surface area contributed by atoms with Crippen molar-refractivity contribution in [3.63, 3.8) is 0 Å². The number of nitrogens with one attached hydrogen (secondary N) is 1.